The van der Waals surface area contributed by atoms with Crippen LogP contribution in [0.25, 0.3) is 0 Å². The molecule has 2 atom stereocenters. The van der Waals surface area contributed by atoms with Gasteiger partial charge in [-0.05, 0) is 6.42 Å². The Morgan fingerprint density at radius 3 is 2.62 bits per heavy atom. The largest absolute Gasteiger partial charge is 0.480 e. The summed E-state index contributed by atoms with van der Waals surface area (Å²) in [6.45, 7) is 0.329. The van der Waals surface area contributed by atoms with E-state index in [1.165, 1.54) is 4.90 Å². The average molecular weight is 232 g/mol. The minimum atomic E-state index is -1.18. The van der Waals surface area contributed by atoms with E-state index >= 15 is 0 Å². The molecule has 92 valence electrons. The maximum absolute atomic E-state index is 11.5. The maximum Gasteiger partial charge on any atom is 0.326 e. The van der Waals surface area contributed by atoms with Crippen LogP contribution in [0, 0.1) is 0 Å². The van der Waals surface area contributed by atoms with Crippen molar-refractivity contribution in [3.63, 3.8) is 0 Å². The third-order valence-corrected chi connectivity index (χ3v) is 2.46. The molecule has 0 aromatic carbocycles. The third-order valence-electron chi connectivity index (χ3n) is 2.46. The lowest BCUT2D eigenvalue weighted by atomic mass is 10.2. The molecular weight excluding hydrogens is 216 g/mol. The van der Waals surface area contributed by atoms with Gasteiger partial charge in [-0.2, -0.15) is 0 Å². The number of nitrogens with zero attached hydrogens (tertiary/aromatic N) is 1. The summed E-state index contributed by atoms with van der Waals surface area (Å²) in [6.07, 6.45) is -0.0605. The Morgan fingerprint density at radius 1 is 1.50 bits per heavy atom. The molecular formula is C9H16N2O5. The molecule has 1 aliphatic heterocycles. The second-order valence-electron chi connectivity index (χ2n) is 3.74. The number of hydrogen-bond acceptors (Lipinski definition) is 4. The summed E-state index contributed by atoms with van der Waals surface area (Å²) >= 11 is 0. The van der Waals surface area contributed by atoms with Gasteiger partial charge in [0.25, 0.3) is 0 Å². The second-order valence-corrected chi connectivity index (χ2v) is 3.74. The van der Waals surface area contributed by atoms with Gasteiger partial charge in [-0.1, -0.05) is 0 Å². The molecule has 4 N–H and O–H groups in total. The quantitative estimate of drug-likeness (QED) is 0.476. The van der Waals surface area contributed by atoms with Gasteiger partial charge in [0, 0.05) is 26.1 Å². The molecule has 0 saturated carbocycles. The highest BCUT2D eigenvalue weighted by Crippen LogP contribution is 2.08. The van der Waals surface area contributed by atoms with Gasteiger partial charge in [0.15, 0.2) is 0 Å². The van der Waals surface area contributed by atoms with Crippen LogP contribution in [0.3, 0.4) is 0 Å². The number of nitrogens with one attached hydrogen (secondary N) is 1. The normalized spacial score (nSPS) is 21.9. The van der Waals surface area contributed by atoms with E-state index < -0.39 is 24.1 Å². The maximum atomic E-state index is 11.5. The molecule has 1 heterocycles. The molecule has 7 heteroatoms. The first-order chi connectivity index (χ1) is 7.54. The number of aliphatic carboxylic acids is 1. The van der Waals surface area contributed by atoms with Crippen LogP contribution in [0.4, 0.5) is 4.79 Å². The topological polar surface area (TPSA) is 110 Å². The number of amides is 2. The Labute approximate surface area is 92.7 Å². The highest BCUT2D eigenvalue weighted by Gasteiger charge is 2.27. The Morgan fingerprint density at radius 2 is 2.19 bits per heavy atom. The number of rotatable bonds is 4. The summed E-state index contributed by atoms with van der Waals surface area (Å²) in [5, 5.41) is 28.9. The number of carbonyl (C=O) groups is 2. The monoisotopic (exact) mass is 232 g/mol. The van der Waals surface area contributed by atoms with E-state index in [0.717, 1.165) is 0 Å². The second kappa shape index (κ2) is 5.66. The molecule has 1 saturated heterocycles. The number of aliphatic hydroxyl groups excluding tert-OH is 2. The van der Waals surface area contributed by atoms with E-state index in [1.54, 1.807) is 0 Å². The van der Waals surface area contributed by atoms with Gasteiger partial charge in [0.05, 0.1) is 6.10 Å². The Hall–Kier alpha value is -1.34. The summed E-state index contributed by atoms with van der Waals surface area (Å²) in [5.41, 5.74) is 0. The standard InChI is InChI=1S/C9H16N2O5/c12-4-2-7(8(14)15)10-9(16)11-3-1-6(13)5-11/h6-7,12-13H,1-5H2,(H,10,16)(H,14,15)/t6?,7-/m0/s1. The van der Waals surface area contributed by atoms with E-state index in [0.29, 0.717) is 13.0 Å². The van der Waals surface area contributed by atoms with Crippen LogP contribution in [-0.4, -0.2) is 64.1 Å². The molecule has 0 aromatic heterocycles. The lowest BCUT2D eigenvalue weighted by Crippen LogP contribution is -2.47. The fraction of sp³-hybridized carbons (Fsp3) is 0.778. The lowest BCUT2D eigenvalue weighted by molar-refractivity contribution is -0.139. The summed E-state index contributed by atoms with van der Waals surface area (Å²) in [5.74, 6) is -1.18. The number of carboxylic acids is 1. The Bertz CT molecular complexity index is 271. The smallest absolute Gasteiger partial charge is 0.326 e. The first-order valence-corrected chi connectivity index (χ1v) is 5.11. The zero-order valence-corrected chi connectivity index (χ0v) is 8.80. The van der Waals surface area contributed by atoms with Crippen molar-refractivity contribution in [2.75, 3.05) is 19.7 Å². The van der Waals surface area contributed by atoms with Crippen LogP contribution in [0.1, 0.15) is 12.8 Å². The number of likely N-dealkylation sites (tertiary alicyclic amines) is 1. The van der Waals surface area contributed by atoms with Gasteiger partial charge in [0.1, 0.15) is 6.04 Å². The minimum Gasteiger partial charge on any atom is -0.480 e. The number of urea groups is 1. The van der Waals surface area contributed by atoms with Crippen molar-refractivity contribution in [3.8, 4) is 0 Å². The van der Waals surface area contributed by atoms with Crippen molar-refractivity contribution in [2.45, 2.75) is 25.0 Å². The van der Waals surface area contributed by atoms with Gasteiger partial charge >= 0.3 is 12.0 Å². The zero-order valence-electron chi connectivity index (χ0n) is 8.80. The molecule has 1 unspecified atom stereocenters. The molecule has 1 aliphatic rings. The molecule has 0 aliphatic carbocycles. The van der Waals surface area contributed by atoms with Crippen molar-refractivity contribution in [1.29, 1.82) is 0 Å². The van der Waals surface area contributed by atoms with E-state index in [9.17, 15) is 14.7 Å². The van der Waals surface area contributed by atoms with Crippen molar-refractivity contribution < 1.29 is 24.9 Å². The molecule has 1 fully saturated rings. The highest BCUT2D eigenvalue weighted by atomic mass is 16.4. The predicted molar refractivity (Wildman–Crippen MR) is 53.9 cm³/mol. The SMILES string of the molecule is O=C(O)[C@H](CCO)NC(=O)N1CCC(O)C1. The van der Waals surface area contributed by atoms with Crippen molar-refractivity contribution in [2.24, 2.45) is 0 Å². The van der Waals surface area contributed by atoms with Gasteiger partial charge in [-0.3, -0.25) is 0 Å². The zero-order chi connectivity index (χ0) is 12.1. The summed E-state index contributed by atoms with van der Waals surface area (Å²) < 4.78 is 0. The molecule has 1 rings (SSSR count). The van der Waals surface area contributed by atoms with E-state index in [4.69, 9.17) is 10.2 Å². The number of aliphatic hydroxyl groups is 2. The van der Waals surface area contributed by atoms with Crippen molar-refractivity contribution in [1.82, 2.24) is 10.2 Å². The van der Waals surface area contributed by atoms with E-state index in [-0.39, 0.29) is 19.6 Å². The molecule has 0 spiro atoms. The molecule has 16 heavy (non-hydrogen) atoms. The highest BCUT2D eigenvalue weighted by molar-refractivity contribution is 5.82. The minimum absolute atomic E-state index is 0.0303. The van der Waals surface area contributed by atoms with E-state index in [2.05, 4.69) is 5.32 Å². The third kappa shape index (κ3) is 3.35. The molecule has 7 nitrogen and oxygen atoms in total. The Kier molecular flexibility index (Phi) is 4.51. The fourth-order valence-corrected chi connectivity index (χ4v) is 1.55. The number of hydrogen-bond donors (Lipinski definition) is 4. The molecule has 0 bridgehead atoms. The molecule has 0 radical (unpaired) electrons. The van der Waals surface area contributed by atoms with Crippen LogP contribution in [-0.2, 0) is 4.79 Å². The summed E-state index contributed by atoms with van der Waals surface area (Å²) in [6, 6.07) is -1.60. The summed E-state index contributed by atoms with van der Waals surface area (Å²) in [4.78, 5) is 23.6. The van der Waals surface area contributed by atoms with Crippen molar-refractivity contribution in [3.05, 3.63) is 0 Å². The van der Waals surface area contributed by atoms with Crippen LogP contribution in [0.2, 0.25) is 0 Å². The average Bonchev–Trinajstić information content (AvgIpc) is 2.64. The lowest BCUT2D eigenvalue weighted by Gasteiger charge is -2.20. The first kappa shape index (κ1) is 12.7. The molecule has 2 amide bonds. The Balaban J connectivity index is 2.45. The van der Waals surface area contributed by atoms with Crippen LogP contribution >= 0.6 is 0 Å². The first-order valence-electron chi connectivity index (χ1n) is 5.11. The predicted octanol–water partition coefficient (Wildman–Crippen LogP) is -1.40. The van der Waals surface area contributed by atoms with Crippen LogP contribution in [0.5, 0.6) is 0 Å². The van der Waals surface area contributed by atoms with E-state index in [1.807, 2.05) is 0 Å². The fourth-order valence-electron chi connectivity index (χ4n) is 1.55. The van der Waals surface area contributed by atoms with Gasteiger partial charge in [-0.15, -0.1) is 0 Å². The molecule has 0 aromatic rings. The van der Waals surface area contributed by atoms with Gasteiger partial charge in [-0.25, -0.2) is 9.59 Å². The van der Waals surface area contributed by atoms with Gasteiger partial charge in [0.2, 0.25) is 0 Å². The number of β-amino-alcohol motifs (C(OH)–C–C–N with tert-alkyl or cyclic N) is 1. The van der Waals surface area contributed by atoms with Gasteiger partial charge < -0.3 is 25.5 Å². The van der Waals surface area contributed by atoms with Crippen LogP contribution < -0.4 is 5.32 Å². The van der Waals surface area contributed by atoms with Crippen LogP contribution in [0.15, 0.2) is 0 Å². The number of carbonyl (C=O) groups excluding carboxylic acids is 1. The number of carboxylic acid groups (broad SMARTS) is 1. The van der Waals surface area contributed by atoms with Crippen molar-refractivity contribution >= 4 is 12.0 Å². The summed E-state index contributed by atoms with van der Waals surface area (Å²) in [7, 11) is 0.